The first kappa shape index (κ1) is 15.6. The zero-order valence-corrected chi connectivity index (χ0v) is 14.1. The second-order valence-electron chi connectivity index (χ2n) is 6.71. The number of para-hydroxylation sites is 1. The maximum absolute atomic E-state index is 12.9. The highest BCUT2D eigenvalue weighted by molar-refractivity contribution is 5.90. The van der Waals surface area contributed by atoms with Crippen LogP contribution in [0.3, 0.4) is 0 Å². The molecule has 6 nitrogen and oxygen atoms in total. The molecule has 0 radical (unpaired) electrons. The van der Waals surface area contributed by atoms with E-state index in [0.29, 0.717) is 11.4 Å². The summed E-state index contributed by atoms with van der Waals surface area (Å²) in [5.41, 5.74) is 3.23. The molecule has 4 rings (SSSR count). The molecule has 1 N–H and O–H groups in total. The van der Waals surface area contributed by atoms with Gasteiger partial charge < -0.3 is 9.88 Å². The van der Waals surface area contributed by atoms with E-state index in [-0.39, 0.29) is 18.0 Å². The molecular weight excluding hydrogens is 316 g/mol. The first-order valence-electron chi connectivity index (χ1n) is 8.56. The number of carbonyl (C=O) groups excluding carboxylic acids is 1. The summed E-state index contributed by atoms with van der Waals surface area (Å²) in [5.74, 6) is 0.328. The number of hydrogen-bond donors (Lipinski definition) is 1. The number of carbonyl (C=O) groups is 1. The molecule has 0 spiro atoms. The van der Waals surface area contributed by atoms with Gasteiger partial charge in [0, 0.05) is 23.6 Å². The van der Waals surface area contributed by atoms with Crippen molar-refractivity contribution in [3.05, 3.63) is 64.3 Å². The van der Waals surface area contributed by atoms with Crippen molar-refractivity contribution >= 4 is 17.1 Å². The number of aryl methyl sites for hydroxylation is 1. The summed E-state index contributed by atoms with van der Waals surface area (Å²) in [6.45, 7) is 2.18. The fourth-order valence-corrected chi connectivity index (χ4v) is 3.45. The molecule has 1 amide bonds. The Morgan fingerprint density at radius 2 is 2.08 bits per heavy atom. The average molecular weight is 336 g/mol. The van der Waals surface area contributed by atoms with Gasteiger partial charge in [-0.3, -0.25) is 9.59 Å². The van der Waals surface area contributed by atoms with Crippen molar-refractivity contribution in [2.75, 3.05) is 5.32 Å². The predicted molar refractivity (Wildman–Crippen MR) is 95.7 cm³/mol. The van der Waals surface area contributed by atoms with Gasteiger partial charge in [0.1, 0.15) is 12.1 Å². The molecule has 1 unspecified atom stereocenters. The van der Waals surface area contributed by atoms with Crippen molar-refractivity contribution in [1.82, 2.24) is 14.2 Å². The Labute approximate surface area is 145 Å². The monoisotopic (exact) mass is 336 g/mol. The molecule has 0 saturated carbocycles. The van der Waals surface area contributed by atoms with Crippen LogP contribution in [0.4, 0.5) is 5.69 Å². The van der Waals surface area contributed by atoms with E-state index in [4.69, 9.17) is 0 Å². The van der Waals surface area contributed by atoms with Gasteiger partial charge in [-0.25, -0.2) is 4.52 Å². The topological polar surface area (TPSA) is 68.4 Å². The molecule has 0 aliphatic heterocycles. The molecule has 6 heteroatoms. The van der Waals surface area contributed by atoms with Crippen molar-refractivity contribution in [1.29, 1.82) is 0 Å². The van der Waals surface area contributed by atoms with Crippen LogP contribution in [0.25, 0.3) is 5.52 Å². The van der Waals surface area contributed by atoms with Crippen molar-refractivity contribution < 1.29 is 4.79 Å². The van der Waals surface area contributed by atoms with Crippen molar-refractivity contribution in [2.24, 2.45) is 5.92 Å². The molecule has 1 aromatic carbocycles. The summed E-state index contributed by atoms with van der Waals surface area (Å²) in [6, 6.07) is 9.23. The van der Waals surface area contributed by atoms with Crippen LogP contribution < -0.4 is 10.9 Å². The molecule has 2 aromatic heterocycles. The third-order valence-corrected chi connectivity index (χ3v) is 4.74. The van der Waals surface area contributed by atoms with Gasteiger partial charge in [0.2, 0.25) is 5.91 Å². The van der Waals surface area contributed by atoms with Crippen LogP contribution in [0.15, 0.2) is 47.5 Å². The first-order chi connectivity index (χ1) is 12.1. The lowest BCUT2D eigenvalue weighted by Gasteiger charge is -2.16. The average Bonchev–Trinajstić information content (AvgIpc) is 2.96. The number of hydrogen-bond acceptors (Lipinski definition) is 3. The molecule has 128 valence electrons. The van der Waals surface area contributed by atoms with Gasteiger partial charge in [-0.2, -0.15) is 5.10 Å². The Bertz CT molecular complexity index is 988. The van der Waals surface area contributed by atoms with Crippen LogP contribution in [0.5, 0.6) is 0 Å². The van der Waals surface area contributed by atoms with E-state index in [9.17, 15) is 9.59 Å². The van der Waals surface area contributed by atoms with E-state index in [0.717, 1.165) is 36.2 Å². The van der Waals surface area contributed by atoms with E-state index in [2.05, 4.69) is 17.3 Å². The lowest BCUT2D eigenvalue weighted by Crippen LogP contribution is -2.28. The van der Waals surface area contributed by atoms with Crippen molar-refractivity contribution in [2.45, 2.75) is 32.7 Å². The van der Waals surface area contributed by atoms with Gasteiger partial charge in [0.05, 0.1) is 5.69 Å². The summed E-state index contributed by atoms with van der Waals surface area (Å²) < 4.78 is 3.12. The number of nitrogens with one attached hydrogen (secondary N) is 1. The minimum absolute atomic E-state index is 0.0142. The second kappa shape index (κ2) is 6.20. The molecule has 0 fully saturated rings. The molecule has 0 bridgehead atoms. The third kappa shape index (κ3) is 2.95. The maximum atomic E-state index is 12.9. The van der Waals surface area contributed by atoms with E-state index in [1.54, 1.807) is 16.9 Å². The van der Waals surface area contributed by atoms with Gasteiger partial charge in [0.25, 0.3) is 5.56 Å². The van der Waals surface area contributed by atoms with Crippen LogP contribution >= 0.6 is 0 Å². The van der Waals surface area contributed by atoms with Crippen molar-refractivity contribution in [3.63, 3.8) is 0 Å². The number of fused-ring (bicyclic) bond motifs is 3. The Morgan fingerprint density at radius 1 is 1.28 bits per heavy atom. The molecule has 3 aromatic rings. The minimum atomic E-state index is -0.223. The fourth-order valence-electron chi connectivity index (χ4n) is 3.45. The fraction of sp³-hybridized carbons (Fsp3) is 0.316. The summed E-state index contributed by atoms with van der Waals surface area (Å²) in [4.78, 5) is 25.1. The van der Waals surface area contributed by atoms with Gasteiger partial charge in [0.15, 0.2) is 0 Å². The zero-order valence-electron chi connectivity index (χ0n) is 14.1. The number of benzene rings is 1. The van der Waals surface area contributed by atoms with Crippen LogP contribution in [0.1, 0.15) is 24.6 Å². The van der Waals surface area contributed by atoms with E-state index in [1.807, 2.05) is 30.3 Å². The standard InChI is InChI=1S/C19H20N4O2/c1-13-7-8-16-15(11-13)18-19(25)22(9-10-23(18)21-16)12-17(24)20-14-5-3-2-4-6-14/h2-6,9-10,13H,7-8,11-12H2,1H3,(H,20,24). The highest BCUT2D eigenvalue weighted by Crippen LogP contribution is 2.26. The SMILES string of the molecule is CC1CCc2nn3ccn(CC(=O)Nc4ccccc4)c(=O)c3c2C1. The smallest absolute Gasteiger partial charge is 0.277 e. The molecular formula is C19H20N4O2. The number of aromatic nitrogens is 3. The van der Waals surface area contributed by atoms with E-state index < -0.39 is 0 Å². The van der Waals surface area contributed by atoms with Gasteiger partial charge in [-0.15, -0.1) is 0 Å². The number of rotatable bonds is 3. The second-order valence-corrected chi connectivity index (χ2v) is 6.71. The van der Waals surface area contributed by atoms with Gasteiger partial charge in [-0.05, 0) is 37.3 Å². The van der Waals surface area contributed by atoms with E-state index >= 15 is 0 Å². The lowest BCUT2D eigenvalue weighted by atomic mass is 9.88. The summed E-state index contributed by atoms with van der Waals surface area (Å²) in [7, 11) is 0. The van der Waals surface area contributed by atoms with E-state index in [1.165, 1.54) is 4.57 Å². The first-order valence-corrected chi connectivity index (χ1v) is 8.56. The van der Waals surface area contributed by atoms with Crippen molar-refractivity contribution in [3.8, 4) is 0 Å². The largest absolute Gasteiger partial charge is 0.325 e. The Balaban J connectivity index is 1.64. The zero-order chi connectivity index (χ0) is 17.4. The van der Waals surface area contributed by atoms with Crippen LogP contribution in [-0.2, 0) is 24.2 Å². The van der Waals surface area contributed by atoms with Gasteiger partial charge in [-0.1, -0.05) is 25.1 Å². The summed E-state index contributed by atoms with van der Waals surface area (Å²) in [5, 5.41) is 7.35. The highest BCUT2D eigenvalue weighted by atomic mass is 16.2. The number of anilines is 1. The molecule has 25 heavy (non-hydrogen) atoms. The molecule has 1 atom stereocenters. The Kier molecular flexibility index (Phi) is 3.87. The quantitative estimate of drug-likeness (QED) is 0.798. The third-order valence-electron chi connectivity index (χ3n) is 4.74. The summed E-state index contributed by atoms with van der Waals surface area (Å²) >= 11 is 0. The number of amides is 1. The molecule has 1 aliphatic carbocycles. The van der Waals surface area contributed by atoms with Crippen LogP contribution in [-0.4, -0.2) is 20.1 Å². The number of nitrogens with zero attached hydrogens (tertiary/aromatic N) is 3. The predicted octanol–water partition coefficient (Wildman–Crippen LogP) is 2.26. The Morgan fingerprint density at radius 3 is 2.88 bits per heavy atom. The Hall–Kier alpha value is -2.89. The summed E-state index contributed by atoms with van der Waals surface area (Å²) in [6.07, 6.45) is 6.27. The molecule has 0 saturated heterocycles. The highest BCUT2D eigenvalue weighted by Gasteiger charge is 2.23. The normalized spacial score (nSPS) is 16.6. The minimum Gasteiger partial charge on any atom is -0.325 e. The van der Waals surface area contributed by atoms with Gasteiger partial charge >= 0.3 is 0 Å². The molecule has 1 aliphatic rings. The van der Waals surface area contributed by atoms with Crippen LogP contribution in [0, 0.1) is 5.92 Å². The van der Waals surface area contributed by atoms with Crippen LogP contribution in [0.2, 0.25) is 0 Å². The molecule has 2 heterocycles. The maximum Gasteiger partial charge on any atom is 0.277 e. The lowest BCUT2D eigenvalue weighted by molar-refractivity contribution is -0.116.